The highest BCUT2D eigenvalue weighted by atomic mass is 35.5. The van der Waals surface area contributed by atoms with Gasteiger partial charge in [0.2, 0.25) is 5.91 Å². The van der Waals surface area contributed by atoms with Gasteiger partial charge in [-0.3, -0.25) is 4.79 Å². The number of ether oxygens (including phenoxy) is 1. The third kappa shape index (κ3) is 5.22. The highest BCUT2D eigenvalue weighted by molar-refractivity contribution is 5.85. The normalized spacial score (nSPS) is 21.9. The van der Waals surface area contributed by atoms with Crippen LogP contribution in [0.2, 0.25) is 0 Å². The Morgan fingerprint density at radius 2 is 2.08 bits per heavy atom. The van der Waals surface area contributed by atoms with Crippen LogP contribution in [0.5, 0.6) is 0 Å². The zero-order chi connectivity index (χ0) is 17.0. The van der Waals surface area contributed by atoms with E-state index in [1.54, 1.807) is 12.1 Å². The number of carbonyl (C=O) groups excluding carboxylic acids is 1. The predicted molar refractivity (Wildman–Crippen MR) is 106 cm³/mol. The molecule has 148 valence electrons. The first-order chi connectivity index (χ1) is 11.6. The van der Waals surface area contributed by atoms with Gasteiger partial charge < -0.3 is 20.7 Å². The van der Waals surface area contributed by atoms with Crippen molar-refractivity contribution in [2.45, 2.75) is 31.7 Å². The molecule has 1 atom stereocenters. The molecule has 2 aliphatic heterocycles. The van der Waals surface area contributed by atoms with E-state index in [-0.39, 0.29) is 42.6 Å². The topological polar surface area (TPSA) is 67.6 Å². The molecule has 3 N–H and O–H groups in total. The maximum Gasteiger partial charge on any atom is 0.227 e. The number of amides is 1. The van der Waals surface area contributed by atoms with Crippen LogP contribution in [-0.4, -0.2) is 44.8 Å². The van der Waals surface area contributed by atoms with Crippen molar-refractivity contribution in [2.75, 3.05) is 37.7 Å². The third-order valence-corrected chi connectivity index (χ3v) is 5.25. The summed E-state index contributed by atoms with van der Waals surface area (Å²) >= 11 is 0. The van der Waals surface area contributed by atoms with E-state index in [0.717, 1.165) is 25.1 Å². The fraction of sp³-hybridized carbons (Fsp3) is 0.611. The van der Waals surface area contributed by atoms with Gasteiger partial charge in [-0.05, 0) is 43.9 Å². The molecular weight excluding hydrogens is 380 g/mol. The van der Waals surface area contributed by atoms with Gasteiger partial charge in [0.15, 0.2) is 0 Å². The van der Waals surface area contributed by atoms with Crippen LogP contribution < -0.4 is 16.0 Å². The van der Waals surface area contributed by atoms with E-state index >= 15 is 0 Å². The number of carbonyl (C=O) groups is 1. The Morgan fingerprint density at radius 1 is 1.35 bits per heavy atom. The van der Waals surface area contributed by atoms with E-state index in [9.17, 15) is 9.18 Å². The standard InChI is InChI=1S/C18H26FN3O2.2ClH/c19-14-3-1-5-16(11-14)22-8-2-4-15(12-22)21-17(23)18(13-20)6-9-24-10-7-18;;/h1,3,5,11,15H,2,4,6-10,12-13,20H2,(H,21,23);2*1H. The Morgan fingerprint density at radius 3 is 2.73 bits per heavy atom. The Bertz CT molecular complexity index is 585. The van der Waals surface area contributed by atoms with Gasteiger partial charge in [0.25, 0.3) is 0 Å². The zero-order valence-corrected chi connectivity index (χ0v) is 16.4. The number of rotatable bonds is 4. The van der Waals surface area contributed by atoms with Crippen molar-refractivity contribution in [1.82, 2.24) is 5.32 Å². The second kappa shape index (κ2) is 10.3. The van der Waals surface area contributed by atoms with Gasteiger partial charge in [-0.2, -0.15) is 0 Å². The zero-order valence-electron chi connectivity index (χ0n) is 14.8. The van der Waals surface area contributed by atoms with Gasteiger partial charge in [-0.1, -0.05) is 6.07 Å². The lowest BCUT2D eigenvalue weighted by atomic mass is 9.79. The van der Waals surface area contributed by atoms with Gasteiger partial charge in [0.1, 0.15) is 5.82 Å². The molecule has 1 aromatic carbocycles. The summed E-state index contributed by atoms with van der Waals surface area (Å²) in [6.07, 6.45) is 3.26. The summed E-state index contributed by atoms with van der Waals surface area (Å²) in [6.45, 7) is 3.11. The van der Waals surface area contributed by atoms with Gasteiger partial charge >= 0.3 is 0 Å². The monoisotopic (exact) mass is 407 g/mol. The molecule has 1 unspecified atom stereocenters. The van der Waals surface area contributed by atoms with E-state index in [4.69, 9.17) is 10.5 Å². The van der Waals surface area contributed by atoms with Crippen LogP contribution >= 0.6 is 24.8 Å². The molecule has 2 fully saturated rings. The summed E-state index contributed by atoms with van der Waals surface area (Å²) in [7, 11) is 0. The Balaban J connectivity index is 0.00000169. The Hall–Kier alpha value is -1.08. The Kier molecular flexibility index (Phi) is 9.10. The minimum absolute atomic E-state index is 0. The fourth-order valence-corrected chi connectivity index (χ4v) is 3.63. The molecule has 0 bridgehead atoms. The quantitative estimate of drug-likeness (QED) is 0.804. The van der Waals surface area contributed by atoms with Crippen LogP contribution in [0.25, 0.3) is 0 Å². The summed E-state index contributed by atoms with van der Waals surface area (Å²) in [4.78, 5) is 14.9. The van der Waals surface area contributed by atoms with Crippen molar-refractivity contribution >= 4 is 36.4 Å². The van der Waals surface area contributed by atoms with E-state index in [1.165, 1.54) is 6.07 Å². The first-order valence-electron chi connectivity index (χ1n) is 8.72. The molecule has 2 aliphatic rings. The molecule has 0 radical (unpaired) electrons. The van der Waals surface area contributed by atoms with Crippen LogP contribution in [0.15, 0.2) is 24.3 Å². The van der Waals surface area contributed by atoms with Crippen molar-refractivity contribution in [2.24, 2.45) is 11.1 Å². The van der Waals surface area contributed by atoms with Crippen LogP contribution in [-0.2, 0) is 9.53 Å². The summed E-state index contributed by atoms with van der Waals surface area (Å²) < 4.78 is 18.8. The van der Waals surface area contributed by atoms with Crippen molar-refractivity contribution < 1.29 is 13.9 Å². The van der Waals surface area contributed by atoms with E-state index < -0.39 is 5.41 Å². The number of nitrogens with zero attached hydrogens (tertiary/aromatic N) is 1. The minimum atomic E-state index is -0.501. The van der Waals surface area contributed by atoms with Crippen LogP contribution in [0.4, 0.5) is 10.1 Å². The number of nitrogens with one attached hydrogen (secondary N) is 1. The molecule has 8 heteroatoms. The number of nitrogens with two attached hydrogens (primary N) is 1. The molecule has 1 aromatic rings. The molecule has 1 amide bonds. The first-order valence-corrected chi connectivity index (χ1v) is 8.72. The Labute approximate surface area is 166 Å². The molecule has 3 rings (SSSR count). The number of hydrogen-bond donors (Lipinski definition) is 2. The second-order valence-electron chi connectivity index (χ2n) is 6.84. The number of piperidine rings is 1. The largest absolute Gasteiger partial charge is 0.381 e. The molecule has 5 nitrogen and oxygen atoms in total. The minimum Gasteiger partial charge on any atom is -0.381 e. The third-order valence-electron chi connectivity index (χ3n) is 5.25. The molecule has 0 aromatic heterocycles. The predicted octanol–water partition coefficient (Wildman–Crippen LogP) is 2.51. The van der Waals surface area contributed by atoms with E-state index in [0.29, 0.717) is 39.1 Å². The number of hydrogen-bond acceptors (Lipinski definition) is 4. The summed E-state index contributed by atoms with van der Waals surface area (Å²) in [6, 6.07) is 6.69. The molecule has 0 saturated carbocycles. The summed E-state index contributed by atoms with van der Waals surface area (Å²) in [5, 5.41) is 3.18. The second-order valence-corrected chi connectivity index (χ2v) is 6.84. The van der Waals surface area contributed by atoms with Crippen molar-refractivity contribution in [1.29, 1.82) is 0 Å². The average Bonchev–Trinajstić information content (AvgIpc) is 2.62. The molecule has 26 heavy (non-hydrogen) atoms. The van der Waals surface area contributed by atoms with E-state index in [1.807, 2.05) is 6.07 Å². The summed E-state index contributed by atoms with van der Waals surface area (Å²) in [5.41, 5.74) is 6.28. The maximum atomic E-state index is 13.4. The van der Waals surface area contributed by atoms with Crippen molar-refractivity contribution in [3.63, 3.8) is 0 Å². The highest BCUT2D eigenvalue weighted by Gasteiger charge is 2.39. The number of halogens is 3. The van der Waals surface area contributed by atoms with Gasteiger partial charge in [-0.15, -0.1) is 24.8 Å². The van der Waals surface area contributed by atoms with Crippen LogP contribution in [0.3, 0.4) is 0 Å². The smallest absolute Gasteiger partial charge is 0.227 e. The van der Waals surface area contributed by atoms with E-state index in [2.05, 4.69) is 10.2 Å². The molecule has 0 spiro atoms. The van der Waals surface area contributed by atoms with Crippen molar-refractivity contribution in [3.05, 3.63) is 30.1 Å². The number of anilines is 1. The SMILES string of the molecule is Cl.Cl.NCC1(C(=O)NC2CCCN(c3cccc(F)c3)C2)CCOCC1. The van der Waals surface area contributed by atoms with Gasteiger partial charge in [0.05, 0.1) is 5.41 Å². The van der Waals surface area contributed by atoms with Crippen LogP contribution in [0, 0.1) is 11.2 Å². The van der Waals surface area contributed by atoms with Crippen LogP contribution in [0.1, 0.15) is 25.7 Å². The average molecular weight is 408 g/mol. The lowest BCUT2D eigenvalue weighted by molar-refractivity contribution is -0.136. The molecule has 2 heterocycles. The molecular formula is C18H28Cl2FN3O2. The lowest BCUT2D eigenvalue weighted by Gasteiger charge is -2.39. The van der Waals surface area contributed by atoms with Gasteiger partial charge in [-0.25, -0.2) is 4.39 Å². The molecule has 0 aliphatic carbocycles. The first kappa shape index (κ1) is 23.0. The number of benzene rings is 1. The van der Waals surface area contributed by atoms with Gasteiger partial charge in [0, 0.05) is 44.6 Å². The lowest BCUT2D eigenvalue weighted by Crippen LogP contribution is -2.55. The molecule has 2 saturated heterocycles. The highest BCUT2D eigenvalue weighted by Crippen LogP contribution is 2.30. The summed E-state index contributed by atoms with van der Waals surface area (Å²) in [5.74, 6) is -0.192. The van der Waals surface area contributed by atoms with Crippen molar-refractivity contribution in [3.8, 4) is 0 Å². The fourth-order valence-electron chi connectivity index (χ4n) is 3.63. The maximum absolute atomic E-state index is 13.4.